The van der Waals surface area contributed by atoms with Crippen molar-refractivity contribution in [2.24, 2.45) is 0 Å². The molecule has 4 nitrogen and oxygen atoms in total. The van der Waals surface area contributed by atoms with Crippen LogP contribution in [-0.4, -0.2) is 13.4 Å². The van der Waals surface area contributed by atoms with Crippen molar-refractivity contribution in [1.29, 1.82) is 0 Å². The van der Waals surface area contributed by atoms with Crippen LogP contribution in [0.2, 0.25) is 5.02 Å². The standard InChI is InChI=1S/C15H10BrClN2O2S/c16-12-7-6-11(9-13(12)17)19-22(20,21)14-5-1-3-10-4-2-8-18-15(10)14/h1-9,19H. The number of nitrogens with one attached hydrogen (secondary N) is 1. The number of para-hydroxylation sites is 1. The summed E-state index contributed by atoms with van der Waals surface area (Å²) < 4.78 is 28.4. The fourth-order valence-electron chi connectivity index (χ4n) is 2.06. The molecule has 0 saturated carbocycles. The molecule has 0 amide bonds. The SMILES string of the molecule is O=S(=O)(Nc1ccc(Br)c(Cl)c1)c1cccc2cccnc12. The molecule has 3 rings (SSSR count). The van der Waals surface area contributed by atoms with Crippen molar-refractivity contribution < 1.29 is 8.42 Å². The summed E-state index contributed by atoms with van der Waals surface area (Å²) in [6.07, 6.45) is 1.57. The van der Waals surface area contributed by atoms with Gasteiger partial charge in [-0.3, -0.25) is 9.71 Å². The van der Waals surface area contributed by atoms with Crippen molar-refractivity contribution in [3.8, 4) is 0 Å². The second kappa shape index (κ2) is 5.87. The molecule has 0 unspecified atom stereocenters. The van der Waals surface area contributed by atoms with Crippen LogP contribution >= 0.6 is 27.5 Å². The molecule has 0 spiro atoms. The first-order valence-corrected chi connectivity index (χ1v) is 8.94. The van der Waals surface area contributed by atoms with Gasteiger partial charge in [0.25, 0.3) is 10.0 Å². The van der Waals surface area contributed by atoms with Gasteiger partial charge in [0, 0.05) is 16.1 Å². The molecule has 0 atom stereocenters. The predicted octanol–water partition coefficient (Wildman–Crippen LogP) is 4.45. The van der Waals surface area contributed by atoms with Crippen molar-refractivity contribution in [3.05, 3.63) is 64.2 Å². The Labute approximate surface area is 141 Å². The fraction of sp³-hybridized carbons (Fsp3) is 0. The Morgan fingerprint density at radius 1 is 1.09 bits per heavy atom. The Bertz CT molecular complexity index is 955. The molecule has 0 aliphatic carbocycles. The van der Waals surface area contributed by atoms with Gasteiger partial charge in [-0.15, -0.1) is 0 Å². The first kappa shape index (κ1) is 15.3. The molecule has 0 radical (unpaired) electrons. The zero-order chi connectivity index (χ0) is 15.7. The molecule has 22 heavy (non-hydrogen) atoms. The second-order valence-electron chi connectivity index (χ2n) is 4.57. The number of sulfonamides is 1. The molecule has 0 bridgehead atoms. The highest BCUT2D eigenvalue weighted by molar-refractivity contribution is 9.10. The van der Waals surface area contributed by atoms with E-state index < -0.39 is 10.0 Å². The molecule has 1 aromatic heterocycles. The van der Waals surface area contributed by atoms with E-state index in [0.717, 1.165) is 5.39 Å². The number of nitrogens with zero attached hydrogens (tertiary/aromatic N) is 1. The Kier molecular flexibility index (Phi) is 4.08. The molecule has 0 fully saturated rings. The van der Waals surface area contributed by atoms with Gasteiger partial charge >= 0.3 is 0 Å². The molecule has 112 valence electrons. The molecular formula is C15H10BrClN2O2S. The summed E-state index contributed by atoms with van der Waals surface area (Å²) >= 11 is 9.26. The summed E-state index contributed by atoms with van der Waals surface area (Å²) in [6, 6.07) is 13.5. The average Bonchev–Trinajstić information content (AvgIpc) is 2.50. The Balaban J connectivity index is 2.07. The lowest BCUT2D eigenvalue weighted by Gasteiger charge is -2.10. The van der Waals surface area contributed by atoms with Gasteiger partial charge in [-0.2, -0.15) is 0 Å². The summed E-state index contributed by atoms with van der Waals surface area (Å²) in [6.45, 7) is 0. The summed E-state index contributed by atoms with van der Waals surface area (Å²) in [4.78, 5) is 4.30. The maximum Gasteiger partial charge on any atom is 0.264 e. The van der Waals surface area contributed by atoms with Gasteiger partial charge < -0.3 is 0 Å². The van der Waals surface area contributed by atoms with Crippen molar-refractivity contribution in [1.82, 2.24) is 4.98 Å². The minimum absolute atomic E-state index is 0.129. The molecule has 0 aliphatic heterocycles. The molecule has 3 aromatic rings. The van der Waals surface area contributed by atoms with E-state index in [-0.39, 0.29) is 4.90 Å². The topological polar surface area (TPSA) is 59.1 Å². The first-order valence-electron chi connectivity index (χ1n) is 6.29. The normalized spacial score (nSPS) is 11.5. The number of benzene rings is 2. The number of hydrogen-bond acceptors (Lipinski definition) is 3. The second-order valence-corrected chi connectivity index (χ2v) is 7.48. The van der Waals surface area contributed by atoms with Crippen LogP contribution in [0.4, 0.5) is 5.69 Å². The first-order chi connectivity index (χ1) is 10.5. The van der Waals surface area contributed by atoms with Gasteiger partial charge in [0.1, 0.15) is 4.90 Å². The summed E-state index contributed by atoms with van der Waals surface area (Å²) in [5.74, 6) is 0. The third-order valence-corrected chi connectivity index (χ3v) is 5.70. The number of fused-ring (bicyclic) bond motifs is 1. The van der Waals surface area contributed by atoms with Crippen LogP contribution in [0, 0.1) is 0 Å². The van der Waals surface area contributed by atoms with E-state index in [4.69, 9.17) is 11.6 Å². The van der Waals surface area contributed by atoms with Crippen LogP contribution in [0.5, 0.6) is 0 Å². The van der Waals surface area contributed by atoms with E-state index in [1.165, 1.54) is 6.07 Å². The molecule has 1 N–H and O–H groups in total. The third-order valence-electron chi connectivity index (χ3n) is 3.06. The van der Waals surface area contributed by atoms with Gasteiger partial charge in [-0.05, 0) is 46.3 Å². The maximum absolute atomic E-state index is 12.6. The minimum Gasteiger partial charge on any atom is -0.280 e. The van der Waals surface area contributed by atoms with Gasteiger partial charge in [0.15, 0.2) is 0 Å². The minimum atomic E-state index is -3.76. The number of pyridine rings is 1. The predicted molar refractivity (Wildman–Crippen MR) is 91.7 cm³/mol. The Morgan fingerprint density at radius 3 is 2.64 bits per heavy atom. The molecule has 7 heteroatoms. The van der Waals surface area contributed by atoms with E-state index in [1.54, 1.807) is 36.5 Å². The van der Waals surface area contributed by atoms with Gasteiger partial charge in [0.2, 0.25) is 0 Å². The zero-order valence-electron chi connectivity index (χ0n) is 11.1. The molecule has 1 heterocycles. The van der Waals surface area contributed by atoms with E-state index >= 15 is 0 Å². The van der Waals surface area contributed by atoms with E-state index in [0.29, 0.717) is 20.7 Å². The number of hydrogen-bond donors (Lipinski definition) is 1. The number of aromatic nitrogens is 1. The van der Waals surface area contributed by atoms with E-state index in [2.05, 4.69) is 25.6 Å². The number of halogens is 2. The van der Waals surface area contributed by atoms with Gasteiger partial charge in [0.05, 0.1) is 16.2 Å². The molecular weight excluding hydrogens is 388 g/mol. The molecule has 2 aromatic carbocycles. The quantitative estimate of drug-likeness (QED) is 0.710. The lowest BCUT2D eigenvalue weighted by Crippen LogP contribution is -2.13. The van der Waals surface area contributed by atoms with Gasteiger partial charge in [-0.25, -0.2) is 8.42 Å². The average molecular weight is 398 g/mol. The van der Waals surface area contributed by atoms with Crippen molar-refractivity contribution in [2.45, 2.75) is 4.90 Å². The Hall–Kier alpha value is -1.63. The van der Waals surface area contributed by atoms with Crippen LogP contribution in [0.1, 0.15) is 0 Å². The summed E-state index contributed by atoms with van der Waals surface area (Å²) in [7, 11) is -3.76. The third kappa shape index (κ3) is 2.95. The van der Waals surface area contributed by atoms with E-state index in [9.17, 15) is 8.42 Å². The lowest BCUT2D eigenvalue weighted by molar-refractivity contribution is 0.602. The van der Waals surface area contributed by atoms with Crippen LogP contribution in [0.3, 0.4) is 0 Å². The van der Waals surface area contributed by atoms with E-state index in [1.807, 2.05) is 12.1 Å². The van der Waals surface area contributed by atoms with Crippen molar-refractivity contribution in [2.75, 3.05) is 4.72 Å². The molecule has 0 saturated heterocycles. The number of anilines is 1. The highest BCUT2D eigenvalue weighted by atomic mass is 79.9. The lowest BCUT2D eigenvalue weighted by atomic mass is 10.2. The fourth-order valence-corrected chi connectivity index (χ4v) is 3.72. The highest BCUT2D eigenvalue weighted by Crippen LogP contribution is 2.28. The van der Waals surface area contributed by atoms with Crippen molar-refractivity contribution in [3.63, 3.8) is 0 Å². The van der Waals surface area contributed by atoms with Crippen molar-refractivity contribution >= 4 is 54.1 Å². The zero-order valence-corrected chi connectivity index (χ0v) is 14.3. The largest absolute Gasteiger partial charge is 0.280 e. The summed E-state index contributed by atoms with van der Waals surface area (Å²) in [5.41, 5.74) is 0.821. The smallest absolute Gasteiger partial charge is 0.264 e. The monoisotopic (exact) mass is 396 g/mol. The summed E-state index contributed by atoms with van der Waals surface area (Å²) in [5, 5.41) is 1.19. The van der Waals surface area contributed by atoms with Crippen LogP contribution in [0.15, 0.2) is 64.1 Å². The van der Waals surface area contributed by atoms with Crippen LogP contribution < -0.4 is 4.72 Å². The van der Waals surface area contributed by atoms with Gasteiger partial charge in [-0.1, -0.05) is 29.8 Å². The number of rotatable bonds is 3. The maximum atomic E-state index is 12.6. The van der Waals surface area contributed by atoms with Crippen LogP contribution in [0.25, 0.3) is 10.9 Å². The highest BCUT2D eigenvalue weighted by Gasteiger charge is 2.18. The molecule has 0 aliphatic rings. The Morgan fingerprint density at radius 2 is 1.86 bits per heavy atom. The van der Waals surface area contributed by atoms with Crippen LogP contribution in [-0.2, 0) is 10.0 Å².